The van der Waals surface area contributed by atoms with Gasteiger partial charge < -0.3 is 5.53 Å². The van der Waals surface area contributed by atoms with Crippen LogP contribution in [-0.2, 0) is 4.79 Å². The Hall–Kier alpha value is -3.05. The maximum Gasteiger partial charge on any atom is 0.413 e. The maximum absolute atomic E-state index is 12.6. The fourth-order valence-corrected chi connectivity index (χ4v) is 3.27. The summed E-state index contributed by atoms with van der Waals surface area (Å²) in [6.45, 7) is 11.5. The summed E-state index contributed by atoms with van der Waals surface area (Å²) in [6.07, 6.45) is 2.77. The van der Waals surface area contributed by atoms with Gasteiger partial charge in [0.15, 0.2) is 0 Å². The second-order valence-corrected chi connectivity index (χ2v) is 6.89. The summed E-state index contributed by atoms with van der Waals surface area (Å²) in [6, 6.07) is 0. The highest BCUT2D eigenvalue weighted by Crippen LogP contribution is 2.23. The van der Waals surface area contributed by atoms with Crippen LogP contribution in [-0.4, -0.2) is 10.7 Å². The summed E-state index contributed by atoms with van der Waals surface area (Å²) in [4.78, 5) is 55.0. The molecule has 0 spiro atoms. The summed E-state index contributed by atoms with van der Waals surface area (Å²) in [5.74, 6) is -0.180. The minimum Gasteiger partial charge on any atom is -0.360 e. The van der Waals surface area contributed by atoms with Gasteiger partial charge >= 0.3 is 10.8 Å². The molecule has 1 amide bonds. The molecule has 1 atom stereocenters. The van der Waals surface area contributed by atoms with E-state index in [2.05, 4.69) is 30.2 Å². The molecule has 1 aliphatic heterocycles. The van der Waals surface area contributed by atoms with E-state index in [-0.39, 0.29) is 22.3 Å². The van der Waals surface area contributed by atoms with Crippen molar-refractivity contribution in [3.63, 3.8) is 0 Å². The number of hydrogen-bond donors (Lipinski definition) is 0. The van der Waals surface area contributed by atoms with E-state index in [9.17, 15) is 19.2 Å². The molecule has 1 aromatic carbocycles. The molecule has 0 saturated carbocycles. The van der Waals surface area contributed by atoms with Gasteiger partial charge in [0.2, 0.25) is 0 Å². The molecule has 0 bridgehead atoms. The van der Waals surface area contributed by atoms with Gasteiger partial charge in [-0.2, -0.15) is 4.79 Å². The van der Waals surface area contributed by atoms with Gasteiger partial charge in [-0.15, -0.1) is 0 Å². The van der Waals surface area contributed by atoms with Crippen LogP contribution >= 0.6 is 0 Å². The Bertz CT molecular complexity index is 1210. The predicted octanol–water partition coefficient (Wildman–Crippen LogP) is -0.731. The van der Waals surface area contributed by atoms with Gasteiger partial charge in [-0.25, -0.2) is 4.99 Å². The molecular weight excluding hydrogens is 334 g/mol. The van der Waals surface area contributed by atoms with Gasteiger partial charge in [0, 0.05) is 11.1 Å². The third-order valence-corrected chi connectivity index (χ3v) is 4.21. The highest BCUT2D eigenvalue weighted by atomic mass is 16.2. The first-order valence-corrected chi connectivity index (χ1v) is 8.21. The summed E-state index contributed by atoms with van der Waals surface area (Å²) in [5.41, 5.74) is 6.29. The van der Waals surface area contributed by atoms with Gasteiger partial charge in [0.1, 0.15) is 5.36 Å². The van der Waals surface area contributed by atoms with E-state index >= 15 is 0 Å². The number of fused-ring (bicyclic) bond motifs is 1. The van der Waals surface area contributed by atoms with Crippen molar-refractivity contribution >= 4 is 11.5 Å². The van der Waals surface area contributed by atoms with Crippen molar-refractivity contribution in [1.82, 2.24) is 0 Å². The monoisotopic (exact) mass is 353 g/mol. The molecule has 0 aromatic heterocycles. The highest BCUT2D eigenvalue weighted by molar-refractivity contribution is 6.09. The number of allylic oxidation sites excluding steroid dienone is 2. The molecule has 0 radical (unpaired) electrons. The van der Waals surface area contributed by atoms with Crippen LogP contribution in [0.15, 0.2) is 43.2 Å². The van der Waals surface area contributed by atoms with Gasteiger partial charge in [-0.1, -0.05) is 33.4 Å². The topological polar surface area (TPSA) is 117 Å². The second-order valence-electron chi connectivity index (χ2n) is 6.89. The standard InChI is InChI=1S/C19H19N3O4/c1-8(2)6-9(3)7-10(4)12-11(5)19(26)21-14-13(12)16(23)15(22-20)18(25)17(14)24/h7-9H,5-6H2,1-4H3. The number of carbonyl (C=O) groups excluding carboxylic acids is 1. The van der Waals surface area contributed by atoms with Gasteiger partial charge in [-0.3, -0.25) is 19.2 Å². The predicted molar refractivity (Wildman–Crippen MR) is 95.1 cm³/mol. The lowest BCUT2D eigenvalue weighted by molar-refractivity contribution is -0.114. The fraction of sp³-hybridized carbons (Fsp3) is 0.368. The largest absolute Gasteiger partial charge is 0.413 e. The Morgan fingerprint density at radius 1 is 1.15 bits per heavy atom. The normalized spacial score (nSPS) is 15.6. The van der Waals surface area contributed by atoms with Crippen molar-refractivity contribution in [1.29, 1.82) is 0 Å². The second kappa shape index (κ2) is 7.06. The molecular formula is C19H19N3O4. The van der Waals surface area contributed by atoms with Crippen LogP contribution in [0.1, 0.15) is 34.1 Å². The lowest BCUT2D eigenvalue weighted by atomic mass is 9.90. The number of amides is 1. The van der Waals surface area contributed by atoms with Gasteiger partial charge in [0.05, 0.1) is 5.22 Å². The average Bonchev–Trinajstić information content (AvgIpc) is 2.54. The molecule has 0 saturated heterocycles. The number of benzene rings is 1. The molecule has 7 heteroatoms. The Labute approximate surface area is 148 Å². The molecule has 134 valence electrons. The molecule has 26 heavy (non-hydrogen) atoms. The molecule has 1 aromatic rings. The van der Waals surface area contributed by atoms with Crippen molar-refractivity contribution in [2.75, 3.05) is 0 Å². The molecule has 2 rings (SSSR count). The van der Waals surface area contributed by atoms with Gasteiger partial charge in [-0.05, 0) is 30.8 Å². The SMILES string of the molecule is C=C1C(=O)N=c2c(=O)c(=O)c(=[N+]=[N-])c(=O)c2=C1C(C)=CC(C)CC(C)C. The number of nitrogens with zero attached hydrogens (tertiary/aromatic N) is 3. The lowest BCUT2D eigenvalue weighted by Crippen LogP contribution is -2.66. The maximum atomic E-state index is 12.6. The highest BCUT2D eigenvalue weighted by Gasteiger charge is 2.26. The van der Waals surface area contributed by atoms with Gasteiger partial charge in [0.25, 0.3) is 16.8 Å². The third-order valence-electron chi connectivity index (χ3n) is 4.21. The van der Waals surface area contributed by atoms with Crippen LogP contribution in [0.2, 0.25) is 0 Å². The average molecular weight is 353 g/mol. The first kappa shape index (κ1) is 19.3. The summed E-state index contributed by atoms with van der Waals surface area (Å²) < 4.78 is 0. The van der Waals surface area contributed by atoms with Crippen molar-refractivity contribution in [2.45, 2.75) is 34.1 Å². The van der Waals surface area contributed by atoms with E-state index in [0.29, 0.717) is 11.5 Å². The Morgan fingerprint density at radius 2 is 1.77 bits per heavy atom. The van der Waals surface area contributed by atoms with Crippen molar-refractivity contribution in [2.24, 2.45) is 16.8 Å². The molecule has 0 aliphatic carbocycles. The van der Waals surface area contributed by atoms with Crippen molar-refractivity contribution < 1.29 is 9.58 Å². The van der Waals surface area contributed by atoms with E-state index in [0.717, 1.165) is 6.42 Å². The van der Waals surface area contributed by atoms with Crippen LogP contribution in [0.5, 0.6) is 0 Å². The van der Waals surface area contributed by atoms with E-state index in [1.54, 1.807) is 6.92 Å². The third kappa shape index (κ3) is 3.21. The van der Waals surface area contributed by atoms with Crippen LogP contribution in [0.4, 0.5) is 0 Å². The summed E-state index contributed by atoms with van der Waals surface area (Å²) >= 11 is 0. The zero-order chi connectivity index (χ0) is 19.8. The first-order chi connectivity index (χ1) is 12.1. The molecule has 7 nitrogen and oxygen atoms in total. The van der Waals surface area contributed by atoms with Crippen LogP contribution in [0, 0.1) is 11.8 Å². The summed E-state index contributed by atoms with van der Waals surface area (Å²) in [5, 5.41) is -1.60. The van der Waals surface area contributed by atoms with Crippen molar-refractivity contribution in [3.8, 4) is 0 Å². The quantitative estimate of drug-likeness (QED) is 0.307. The fourth-order valence-electron chi connectivity index (χ4n) is 3.27. The number of rotatable bonds is 4. The zero-order valence-corrected chi connectivity index (χ0v) is 15.1. The van der Waals surface area contributed by atoms with E-state index < -0.39 is 32.9 Å². The van der Waals surface area contributed by atoms with Crippen LogP contribution in [0.3, 0.4) is 0 Å². The smallest absolute Gasteiger partial charge is 0.360 e. The van der Waals surface area contributed by atoms with Crippen LogP contribution < -0.4 is 32.2 Å². The Kier molecular flexibility index (Phi) is 5.23. The Morgan fingerprint density at radius 3 is 2.31 bits per heavy atom. The first-order valence-electron chi connectivity index (χ1n) is 8.21. The minimum atomic E-state index is -1.28. The molecule has 1 aliphatic rings. The zero-order valence-electron chi connectivity index (χ0n) is 15.1. The van der Waals surface area contributed by atoms with Crippen LogP contribution in [0.25, 0.3) is 11.1 Å². The summed E-state index contributed by atoms with van der Waals surface area (Å²) in [7, 11) is 0. The Balaban J connectivity index is 3.05. The molecule has 1 unspecified atom stereocenters. The van der Waals surface area contributed by atoms with E-state index in [1.165, 1.54) is 0 Å². The van der Waals surface area contributed by atoms with Crippen molar-refractivity contribution in [3.05, 3.63) is 75.9 Å². The lowest BCUT2D eigenvalue weighted by Gasteiger charge is -2.15. The van der Waals surface area contributed by atoms with E-state index in [1.807, 2.05) is 13.0 Å². The minimum absolute atomic E-state index is 0.0398. The molecule has 1 heterocycles. The number of hydrogen-bond acceptors (Lipinski definition) is 4. The number of carbonyl (C=O) groups is 1. The molecule has 0 N–H and O–H groups in total. The van der Waals surface area contributed by atoms with E-state index in [4.69, 9.17) is 5.53 Å². The molecule has 0 fully saturated rings.